The number of carboxylic acids is 1. The van der Waals surface area contributed by atoms with Crippen molar-refractivity contribution >= 4 is 5.97 Å². The molecule has 0 heterocycles. The third-order valence-corrected chi connectivity index (χ3v) is 4.52. The summed E-state index contributed by atoms with van der Waals surface area (Å²) in [5, 5.41) is 8.95. The van der Waals surface area contributed by atoms with Crippen molar-refractivity contribution < 1.29 is 9.90 Å². The third-order valence-electron chi connectivity index (χ3n) is 4.52. The summed E-state index contributed by atoms with van der Waals surface area (Å²) in [5.74, 6) is 0.956. The van der Waals surface area contributed by atoms with Gasteiger partial charge >= 0.3 is 5.97 Å². The summed E-state index contributed by atoms with van der Waals surface area (Å²) < 4.78 is 0. The Bertz CT molecular complexity index is 254. The van der Waals surface area contributed by atoms with Gasteiger partial charge < -0.3 is 10.8 Å². The predicted molar refractivity (Wildman–Crippen MR) is 58.4 cm³/mol. The highest BCUT2D eigenvalue weighted by Crippen LogP contribution is 2.50. The Balaban J connectivity index is 2.04. The molecule has 2 fully saturated rings. The fraction of sp³-hybridized carbons (Fsp3) is 0.917. The summed E-state index contributed by atoms with van der Waals surface area (Å²) in [6.45, 7) is 0.544. The second kappa shape index (κ2) is 4.12. The van der Waals surface area contributed by atoms with Crippen molar-refractivity contribution in [2.45, 2.75) is 44.9 Å². The molecule has 0 aromatic carbocycles. The lowest BCUT2D eigenvalue weighted by Gasteiger charge is -2.41. The molecule has 2 saturated carbocycles. The second-order valence-electron chi connectivity index (χ2n) is 5.47. The highest BCUT2D eigenvalue weighted by Gasteiger charge is 2.42. The minimum Gasteiger partial charge on any atom is -0.481 e. The van der Waals surface area contributed by atoms with E-state index in [2.05, 4.69) is 0 Å². The van der Waals surface area contributed by atoms with Gasteiger partial charge in [-0.2, -0.15) is 0 Å². The Morgan fingerprint density at radius 3 is 2.73 bits per heavy atom. The van der Waals surface area contributed by atoms with Crippen LogP contribution in [0.2, 0.25) is 0 Å². The van der Waals surface area contributed by atoms with Crippen LogP contribution in [0, 0.1) is 17.3 Å². The van der Waals surface area contributed by atoms with Crippen LogP contribution in [-0.4, -0.2) is 17.6 Å². The molecule has 0 saturated heterocycles. The number of aliphatic carboxylic acids is 1. The molecule has 0 amide bonds. The molecule has 0 bridgehead atoms. The van der Waals surface area contributed by atoms with Gasteiger partial charge in [0.2, 0.25) is 0 Å². The average molecular weight is 211 g/mol. The van der Waals surface area contributed by atoms with E-state index in [0.717, 1.165) is 24.7 Å². The lowest BCUT2D eigenvalue weighted by Crippen LogP contribution is -2.39. The molecule has 3 atom stereocenters. The molecular weight excluding hydrogens is 190 g/mol. The molecule has 3 N–H and O–H groups in total. The molecule has 2 aliphatic carbocycles. The van der Waals surface area contributed by atoms with E-state index in [9.17, 15) is 4.79 Å². The van der Waals surface area contributed by atoms with E-state index < -0.39 is 5.97 Å². The van der Waals surface area contributed by atoms with Gasteiger partial charge in [0, 0.05) is 0 Å². The Kier molecular flexibility index (Phi) is 3.01. The summed E-state index contributed by atoms with van der Waals surface area (Å²) in [6.07, 6.45) is 7.55. The molecule has 2 aliphatic rings. The van der Waals surface area contributed by atoms with Crippen LogP contribution in [0.4, 0.5) is 0 Å². The van der Waals surface area contributed by atoms with Gasteiger partial charge in [-0.1, -0.05) is 19.3 Å². The molecule has 0 aromatic heterocycles. The van der Waals surface area contributed by atoms with Crippen LogP contribution in [0.25, 0.3) is 0 Å². The van der Waals surface area contributed by atoms with Gasteiger partial charge in [-0.3, -0.25) is 4.79 Å². The average Bonchev–Trinajstić information content (AvgIpc) is 2.63. The Labute approximate surface area is 91.0 Å². The normalized spacial score (nSPS) is 40.1. The number of rotatable bonds is 3. The van der Waals surface area contributed by atoms with Gasteiger partial charge in [-0.05, 0) is 43.1 Å². The van der Waals surface area contributed by atoms with Crippen LogP contribution in [0.1, 0.15) is 44.9 Å². The predicted octanol–water partition coefficient (Wildman–Crippen LogP) is 2.01. The molecule has 2 rings (SSSR count). The molecule has 0 aliphatic heterocycles. The van der Waals surface area contributed by atoms with E-state index in [1.807, 2.05) is 0 Å². The summed E-state index contributed by atoms with van der Waals surface area (Å²) in [7, 11) is 0. The fourth-order valence-electron chi connectivity index (χ4n) is 3.65. The minimum atomic E-state index is -0.683. The molecule has 3 heteroatoms. The van der Waals surface area contributed by atoms with Gasteiger partial charge in [0.1, 0.15) is 0 Å². The lowest BCUT2D eigenvalue weighted by molar-refractivity contribution is -0.140. The SMILES string of the molecule is NC[C@]1(CC(=O)O)CCC2CCC[C@@H]2C1. The highest BCUT2D eigenvalue weighted by atomic mass is 16.4. The summed E-state index contributed by atoms with van der Waals surface area (Å²) in [4.78, 5) is 10.9. The van der Waals surface area contributed by atoms with Crippen LogP contribution in [0.15, 0.2) is 0 Å². The lowest BCUT2D eigenvalue weighted by atomic mass is 9.65. The van der Waals surface area contributed by atoms with Gasteiger partial charge in [0.15, 0.2) is 0 Å². The van der Waals surface area contributed by atoms with Gasteiger partial charge in [-0.15, -0.1) is 0 Å². The smallest absolute Gasteiger partial charge is 0.303 e. The number of hydrogen-bond acceptors (Lipinski definition) is 2. The number of nitrogens with two attached hydrogens (primary N) is 1. The summed E-state index contributed by atoms with van der Waals surface area (Å²) >= 11 is 0. The molecule has 3 nitrogen and oxygen atoms in total. The number of carbonyl (C=O) groups is 1. The van der Waals surface area contributed by atoms with Crippen LogP contribution >= 0.6 is 0 Å². The maximum Gasteiger partial charge on any atom is 0.303 e. The van der Waals surface area contributed by atoms with Crippen LogP contribution in [-0.2, 0) is 4.79 Å². The number of carboxylic acid groups (broad SMARTS) is 1. The topological polar surface area (TPSA) is 63.3 Å². The third kappa shape index (κ3) is 2.17. The minimum absolute atomic E-state index is 0.0860. The number of hydrogen-bond donors (Lipinski definition) is 2. The zero-order valence-corrected chi connectivity index (χ0v) is 9.24. The van der Waals surface area contributed by atoms with Crippen molar-refractivity contribution in [1.82, 2.24) is 0 Å². The van der Waals surface area contributed by atoms with E-state index >= 15 is 0 Å². The van der Waals surface area contributed by atoms with Crippen molar-refractivity contribution in [3.05, 3.63) is 0 Å². The quantitative estimate of drug-likeness (QED) is 0.750. The van der Waals surface area contributed by atoms with E-state index in [0.29, 0.717) is 6.54 Å². The molecule has 0 spiro atoms. The standard InChI is InChI=1S/C12H21NO2/c13-8-12(7-11(14)15)5-4-9-2-1-3-10(9)6-12/h9-10H,1-8,13H2,(H,14,15)/t9?,10-,12-/m1/s1. The monoisotopic (exact) mass is 211 g/mol. The second-order valence-corrected chi connectivity index (χ2v) is 5.47. The molecule has 86 valence electrons. The largest absolute Gasteiger partial charge is 0.481 e. The van der Waals surface area contributed by atoms with Crippen molar-refractivity contribution in [1.29, 1.82) is 0 Å². The van der Waals surface area contributed by atoms with E-state index in [-0.39, 0.29) is 11.8 Å². The Hall–Kier alpha value is -0.570. The van der Waals surface area contributed by atoms with Crippen molar-refractivity contribution in [3.63, 3.8) is 0 Å². The fourth-order valence-corrected chi connectivity index (χ4v) is 3.65. The van der Waals surface area contributed by atoms with Crippen molar-refractivity contribution in [2.75, 3.05) is 6.54 Å². The molecule has 0 radical (unpaired) electrons. The van der Waals surface area contributed by atoms with Crippen LogP contribution in [0.5, 0.6) is 0 Å². The van der Waals surface area contributed by atoms with E-state index in [1.165, 1.54) is 25.7 Å². The molecule has 15 heavy (non-hydrogen) atoms. The zero-order chi connectivity index (χ0) is 10.9. The Morgan fingerprint density at radius 2 is 2.07 bits per heavy atom. The van der Waals surface area contributed by atoms with E-state index in [1.54, 1.807) is 0 Å². The molecule has 0 aromatic rings. The highest BCUT2D eigenvalue weighted by molar-refractivity contribution is 5.67. The molecular formula is C12H21NO2. The first-order valence-electron chi connectivity index (χ1n) is 6.07. The zero-order valence-electron chi connectivity index (χ0n) is 9.24. The van der Waals surface area contributed by atoms with Gasteiger partial charge in [0.05, 0.1) is 6.42 Å². The first-order valence-corrected chi connectivity index (χ1v) is 6.07. The maximum absolute atomic E-state index is 10.9. The van der Waals surface area contributed by atoms with Crippen LogP contribution in [0.3, 0.4) is 0 Å². The first kappa shape index (κ1) is 10.9. The summed E-state index contributed by atoms with van der Waals surface area (Å²) in [5.41, 5.74) is 5.72. The summed E-state index contributed by atoms with van der Waals surface area (Å²) in [6, 6.07) is 0. The van der Waals surface area contributed by atoms with Crippen LogP contribution < -0.4 is 5.73 Å². The maximum atomic E-state index is 10.9. The van der Waals surface area contributed by atoms with Gasteiger partial charge in [0.25, 0.3) is 0 Å². The van der Waals surface area contributed by atoms with Gasteiger partial charge in [-0.25, -0.2) is 0 Å². The Morgan fingerprint density at radius 1 is 1.33 bits per heavy atom. The first-order chi connectivity index (χ1) is 7.15. The van der Waals surface area contributed by atoms with Crippen molar-refractivity contribution in [3.8, 4) is 0 Å². The van der Waals surface area contributed by atoms with Crippen molar-refractivity contribution in [2.24, 2.45) is 23.0 Å². The van der Waals surface area contributed by atoms with E-state index in [4.69, 9.17) is 10.8 Å². The number of fused-ring (bicyclic) bond motifs is 1. The molecule has 1 unspecified atom stereocenters.